The monoisotopic (exact) mass is 315 g/mol. The molecule has 4 heteroatoms. The van der Waals surface area contributed by atoms with E-state index in [4.69, 9.17) is 4.74 Å². The van der Waals surface area contributed by atoms with E-state index < -0.39 is 23.1 Å². The molecule has 2 rings (SSSR count). The van der Waals surface area contributed by atoms with Crippen LogP contribution in [0.15, 0.2) is 30.3 Å². The minimum Gasteiger partial charge on any atom is -0.459 e. The van der Waals surface area contributed by atoms with Gasteiger partial charge in [-0.25, -0.2) is 4.79 Å². The summed E-state index contributed by atoms with van der Waals surface area (Å²) in [6, 6.07) is 11.4. The largest absolute Gasteiger partial charge is 0.459 e. The highest BCUT2D eigenvalue weighted by Gasteiger charge is 2.51. The van der Waals surface area contributed by atoms with Gasteiger partial charge >= 0.3 is 5.97 Å². The van der Waals surface area contributed by atoms with Crippen molar-refractivity contribution in [3.05, 3.63) is 35.9 Å². The van der Waals surface area contributed by atoms with Crippen LogP contribution in [0.4, 0.5) is 0 Å². The van der Waals surface area contributed by atoms with Crippen molar-refractivity contribution in [3.8, 4) is 6.07 Å². The summed E-state index contributed by atoms with van der Waals surface area (Å²) in [7, 11) is 0. The van der Waals surface area contributed by atoms with E-state index in [0.29, 0.717) is 12.0 Å². The van der Waals surface area contributed by atoms with E-state index in [1.54, 1.807) is 32.9 Å². The maximum Gasteiger partial charge on any atom is 0.331 e. The Morgan fingerprint density at radius 1 is 1.26 bits per heavy atom. The Morgan fingerprint density at radius 3 is 2.43 bits per heavy atom. The van der Waals surface area contributed by atoms with Gasteiger partial charge in [-0.05, 0) is 51.5 Å². The van der Waals surface area contributed by atoms with Gasteiger partial charge in [-0.3, -0.25) is 0 Å². The van der Waals surface area contributed by atoms with Crippen LogP contribution in [0.2, 0.25) is 0 Å². The van der Waals surface area contributed by atoms with Crippen molar-refractivity contribution in [2.75, 3.05) is 0 Å². The van der Waals surface area contributed by atoms with Gasteiger partial charge in [-0.1, -0.05) is 36.8 Å². The van der Waals surface area contributed by atoms with Gasteiger partial charge in [0, 0.05) is 0 Å². The zero-order chi connectivity index (χ0) is 17.1. The van der Waals surface area contributed by atoms with Gasteiger partial charge in [0.1, 0.15) is 5.60 Å². The van der Waals surface area contributed by atoms with Crippen LogP contribution in [0.5, 0.6) is 0 Å². The third kappa shape index (κ3) is 3.73. The molecule has 0 aromatic heterocycles. The van der Waals surface area contributed by atoms with Gasteiger partial charge in [0.25, 0.3) is 0 Å². The molecule has 0 spiro atoms. The number of benzene rings is 1. The number of hydrogen-bond donors (Lipinski definition) is 1. The fraction of sp³-hybridized carbons (Fsp3) is 0.579. The first kappa shape index (κ1) is 17.5. The summed E-state index contributed by atoms with van der Waals surface area (Å²) in [5.74, 6) is -0.758. The zero-order valence-corrected chi connectivity index (χ0v) is 14.1. The lowest BCUT2D eigenvalue weighted by Gasteiger charge is -2.38. The number of aliphatic hydroxyl groups is 1. The van der Waals surface area contributed by atoms with E-state index >= 15 is 0 Å². The molecule has 1 aliphatic carbocycles. The number of rotatable bonds is 3. The Bertz CT molecular complexity index is 585. The SMILES string of the molecule is CC(C)(C)OC(=O)[C@](C#N)(c1ccccc1)[C@@H]1CCC[C@H](O)C1. The molecule has 0 aliphatic heterocycles. The molecular weight excluding hydrogens is 290 g/mol. The summed E-state index contributed by atoms with van der Waals surface area (Å²) >= 11 is 0. The molecule has 0 saturated heterocycles. The molecule has 0 radical (unpaired) electrons. The van der Waals surface area contributed by atoms with Gasteiger partial charge < -0.3 is 9.84 Å². The molecule has 0 heterocycles. The van der Waals surface area contributed by atoms with Crippen LogP contribution in [0, 0.1) is 17.2 Å². The van der Waals surface area contributed by atoms with Gasteiger partial charge in [-0.2, -0.15) is 5.26 Å². The highest BCUT2D eigenvalue weighted by Crippen LogP contribution is 2.42. The van der Waals surface area contributed by atoms with Crippen LogP contribution < -0.4 is 0 Å². The number of carbonyl (C=O) groups excluding carboxylic acids is 1. The topological polar surface area (TPSA) is 70.3 Å². The van der Waals surface area contributed by atoms with Crippen LogP contribution in [0.1, 0.15) is 52.0 Å². The average Bonchev–Trinajstić information content (AvgIpc) is 2.48. The molecule has 0 unspecified atom stereocenters. The van der Waals surface area contributed by atoms with Crippen LogP contribution in [-0.2, 0) is 14.9 Å². The predicted octanol–water partition coefficient (Wildman–Crippen LogP) is 3.34. The number of carbonyl (C=O) groups is 1. The molecule has 0 bridgehead atoms. The lowest BCUT2D eigenvalue weighted by Crippen LogP contribution is -2.47. The Balaban J connectivity index is 2.49. The van der Waals surface area contributed by atoms with Gasteiger partial charge in [0.05, 0.1) is 12.2 Å². The van der Waals surface area contributed by atoms with Crippen LogP contribution in [-0.4, -0.2) is 22.8 Å². The van der Waals surface area contributed by atoms with Crippen molar-refractivity contribution >= 4 is 5.97 Å². The molecule has 1 aromatic rings. The molecule has 23 heavy (non-hydrogen) atoms. The van der Waals surface area contributed by atoms with Crippen LogP contribution >= 0.6 is 0 Å². The molecule has 3 atom stereocenters. The highest BCUT2D eigenvalue weighted by atomic mass is 16.6. The molecule has 4 nitrogen and oxygen atoms in total. The quantitative estimate of drug-likeness (QED) is 0.868. The number of ether oxygens (including phenoxy) is 1. The van der Waals surface area contributed by atoms with E-state index in [2.05, 4.69) is 6.07 Å². The first-order chi connectivity index (χ1) is 10.8. The molecule has 0 amide bonds. The van der Waals surface area contributed by atoms with Crippen LogP contribution in [0.25, 0.3) is 0 Å². The fourth-order valence-corrected chi connectivity index (χ4v) is 3.34. The number of esters is 1. The van der Waals surface area contributed by atoms with Crippen molar-refractivity contribution in [2.45, 2.75) is 63.6 Å². The van der Waals surface area contributed by atoms with Crippen molar-refractivity contribution in [1.82, 2.24) is 0 Å². The molecular formula is C19H25NO3. The maximum absolute atomic E-state index is 13.0. The Morgan fingerprint density at radius 2 is 1.91 bits per heavy atom. The Kier molecular flexibility index (Phi) is 5.11. The summed E-state index contributed by atoms with van der Waals surface area (Å²) in [6.45, 7) is 5.40. The average molecular weight is 315 g/mol. The third-order valence-corrected chi connectivity index (χ3v) is 4.39. The second kappa shape index (κ2) is 6.72. The molecule has 1 N–H and O–H groups in total. The van der Waals surface area contributed by atoms with Gasteiger partial charge in [-0.15, -0.1) is 0 Å². The molecule has 1 aromatic carbocycles. The summed E-state index contributed by atoms with van der Waals surface area (Å²) in [5, 5.41) is 20.0. The number of nitrogens with zero attached hydrogens (tertiary/aromatic N) is 1. The zero-order valence-electron chi connectivity index (χ0n) is 14.1. The third-order valence-electron chi connectivity index (χ3n) is 4.39. The second-order valence-corrected chi connectivity index (χ2v) is 7.31. The van der Waals surface area contributed by atoms with E-state index in [1.807, 2.05) is 18.2 Å². The van der Waals surface area contributed by atoms with Gasteiger partial charge in [0.2, 0.25) is 0 Å². The summed E-state index contributed by atoms with van der Waals surface area (Å²) < 4.78 is 5.59. The highest BCUT2D eigenvalue weighted by molar-refractivity contribution is 5.87. The number of hydrogen-bond acceptors (Lipinski definition) is 4. The first-order valence-corrected chi connectivity index (χ1v) is 8.18. The normalized spacial score (nSPS) is 24.3. The van der Waals surface area contributed by atoms with Crippen molar-refractivity contribution in [3.63, 3.8) is 0 Å². The van der Waals surface area contributed by atoms with E-state index in [-0.39, 0.29) is 5.92 Å². The number of nitriles is 1. The molecule has 1 fully saturated rings. The molecule has 1 aliphatic rings. The fourth-order valence-electron chi connectivity index (χ4n) is 3.34. The lowest BCUT2D eigenvalue weighted by molar-refractivity contribution is -0.162. The minimum absolute atomic E-state index is 0.242. The summed E-state index contributed by atoms with van der Waals surface area (Å²) in [5.41, 5.74) is -1.38. The second-order valence-electron chi connectivity index (χ2n) is 7.31. The summed E-state index contributed by atoms with van der Waals surface area (Å²) in [6.07, 6.45) is 2.25. The molecule has 1 saturated carbocycles. The van der Waals surface area contributed by atoms with Crippen molar-refractivity contribution in [1.29, 1.82) is 5.26 Å². The smallest absolute Gasteiger partial charge is 0.331 e. The summed E-state index contributed by atoms with van der Waals surface area (Å²) in [4.78, 5) is 13.0. The van der Waals surface area contributed by atoms with E-state index in [0.717, 1.165) is 19.3 Å². The van der Waals surface area contributed by atoms with Gasteiger partial charge in [0.15, 0.2) is 5.41 Å². The van der Waals surface area contributed by atoms with Crippen molar-refractivity contribution in [2.24, 2.45) is 5.92 Å². The Hall–Kier alpha value is -1.86. The van der Waals surface area contributed by atoms with Crippen LogP contribution in [0.3, 0.4) is 0 Å². The maximum atomic E-state index is 13.0. The predicted molar refractivity (Wildman–Crippen MR) is 87.5 cm³/mol. The lowest BCUT2D eigenvalue weighted by atomic mass is 9.65. The first-order valence-electron chi connectivity index (χ1n) is 8.18. The van der Waals surface area contributed by atoms with Crippen molar-refractivity contribution < 1.29 is 14.6 Å². The van der Waals surface area contributed by atoms with E-state index in [1.165, 1.54) is 0 Å². The van der Waals surface area contributed by atoms with E-state index in [9.17, 15) is 15.2 Å². The minimum atomic E-state index is -1.37. The number of aliphatic hydroxyl groups excluding tert-OH is 1. The molecule has 124 valence electrons. The Labute approximate surface area is 138 Å². The standard InChI is InChI=1S/C19H25NO3/c1-18(2,3)23-17(22)19(13-20,14-8-5-4-6-9-14)15-10-7-11-16(21)12-15/h4-6,8-9,15-16,21H,7,10-12H2,1-3H3/t15-,16+,19-/m1/s1.